The molecule has 1 atom stereocenters. The summed E-state index contributed by atoms with van der Waals surface area (Å²) in [6, 6.07) is 0. The van der Waals surface area contributed by atoms with Gasteiger partial charge in [0.15, 0.2) is 0 Å². The van der Waals surface area contributed by atoms with Crippen molar-refractivity contribution in [2.75, 3.05) is 33.4 Å². The highest BCUT2D eigenvalue weighted by molar-refractivity contribution is 5.77. The summed E-state index contributed by atoms with van der Waals surface area (Å²) < 4.78 is 5.55. The maximum absolute atomic E-state index is 10.8. The molecule has 18 heavy (non-hydrogen) atoms. The molecule has 0 bridgehead atoms. The van der Waals surface area contributed by atoms with Crippen molar-refractivity contribution < 1.29 is 14.6 Å². The van der Waals surface area contributed by atoms with Gasteiger partial charge in [-0.05, 0) is 52.1 Å². The Balaban J connectivity index is 1.98. The van der Waals surface area contributed by atoms with Gasteiger partial charge >= 0.3 is 5.97 Å². The molecule has 5 heteroatoms. The second kappa shape index (κ2) is 7.07. The van der Waals surface area contributed by atoms with E-state index >= 15 is 0 Å². The monoisotopic (exact) mass is 258 g/mol. The van der Waals surface area contributed by atoms with E-state index in [0.29, 0.717) is 6.42 Å². The first kappa shape index (κ1) is 15.4. The lowest BCUT2D eigenvalue weighted by Gasteiger charge is -2.21. The van der Waals surface area contributed by atoms with Gasteiger partial charge in [0.2, 0.25) is 0 Å². The lowest BCUT2D eigenvalue weighted by molar-refractivity contribution is -0.142. The highest BCUT2D eigenvalue weighted by atomic mass is 16.5. The van der Waals surface area contributed by atoms with Gasteiger partial charge in [0.05, 0.1) is 6.61 Å². The Kier molecular flexibility index (Phi) is 6.05. The van der Waals surface area contributed by atoms with Gasteiger partial charge in [-0.2, -0.15) is 0 Å². The normalized spacial score (nSPS) is 18.9. The molecule has 0 aliphatic heterocycles. The van der Waals surface area contributed by atoms with Crippen molar-refractivity contribution in [1.29, 1.82) is 0 Å². The number of nitrogens with zero attached hydrogens (tertiary/aromatic N) is 1. The quantitative estimate of drug-likeness (QED) is 0.570. The largest absolute Gasteiger partial charge is 0.480 e. The molecular formula is C13H26N2O3. The first-order chi connectivity index (χ1) is 8.42. The number of nitrogens with two attached hydrogens (primary N) is 1. The summed E-state index contributed by atoms with van der Waals surface area (Å²) in [7, 11) is 2.02. The second-order valence-corrected chi connectivity index (χ2v) is 5.65. The van der Waals surface area contributed by atoms with Gasteiger partial charge in [-0.1, -0.05) is 0 Å². The average molecular weight is 258 g/mol. The van der Waals surface area contributed by atoms with E-state index in [1.165, 1.54) is 12.8 Å². The fourth-order valence-corrected chi connectivity index (χ4v) is 1.69. The van der Waals surface area contributed by atoms with Crippen molar-refractivity contribution in [1.82, 2.24) is 4.90 Å². The lowest BCUT2D eigenvalue weighted by Crippen LogP contribution is -2.45. The molecule has 0 aromatic heterocycles. The van der Waals surface area contributed by atoms with Crippen LogP contribution in [0.5, 0.6) is 0 Å². The highest BCUT2D eigenvalue weighted by Gasteiger charge is 2.27. The topological polar surface area (TPSA) is 75.8 Å². The molecule has 0 aromatic carbocycles. The van der Waals surface area contributed by atoms with Crippen LogP contribution >= 0.6 is 0 Å². The summed E-state index contributed by atoms with van der Waals surface area (Å²) in [5.74, 6) is -0.123. The molecule has 1 aliphatic carbocycles. The molecule has 1 unspecified atom stereocenters. The molecule has 1 fully saturated rings. The van der Waals surface area contributed by atoms with Crippen molar-refractivity contribution in [2.45, 2.75) is 38.1 Å². The van der Waals surface area contributed by atoms with Crippen LogP contribution < -0.4 is 5.73 Å². The van der Waals surface area contributed by atoms with Gasteiger partial charge in [-0.25, -0.2) is 0 Å². The molecule has 1 rings (SSSR count). The van der Waals surface area contributed by atoms with Gasteiger partial charge in [0, 0.05) is 13.2 Å². The summed E-state index contributed by atoms with van der Waals surface area (Å²) in [6.07, 6.45) is 3.92. The number of ether oxygens (including phenoxy) is 1. The molecule has 0 spiro atoms. The Morgan fingerprint density at radius 3 is 2.72 bits per heavy atom. The number of aliphatic carboxylic acids is 1. The Morgan fingerprint density at radius 2 is 2.17 bits per heavy atom. The first-order valence-corrected chi connectivity index (χ1v) is 6.70. The van der Waals surface area contributed by atoms with Crippen LogP contribution in [0.15, 0.2) is 0 Å². The van der Waals surface area contributed by atoms with Crippen LogP contribution in [0.1, 0.15) is 32.6 Å². The van der Waals surface area contributed by atoms with Crippen LogP contribution in [0.3, 0.4) is 0 Å². The number of rotatable bonds is 10. The Hall–Kier alpha value is -0.650. The zero-order chi connectivity index (χ0) is 13.6. The molecule has 3 N–H and O–H groups in total. The number of carboxylic acid groups (broad SMARTS) is 1. The van der Waals surface area contributed by atoms with Gasteiger partial charge in [-0.15, -0.1) is 0 Å². The van der Waals surface area contributed by atoms with Crippen LogP contribution in [0.25, 0.3) is 0 Å². The Labute approximate surface area is 109 Å². The summed E-state index contributed by atoms with van der Waals surface area (Å²) in [5.41, 5.74) is 4.56. The molecule has 0 aromatic rings. The fourth-order valence-electron chi connectivity index (χ4n) is 1.69. The van der Waals surface area contributed by atoms with E-state index in [-0.39, 0.29) is 0 Å². The number of carbonyl (C=O) groups is 1. The van der Waals surface area contributed by atoms with Crippen LogP contribution in [0.4, 0.5) is 0 Å². The van der Waals surface area contributed by atoms with E-state index in [1.54, 1.807) is 6.92 Å². The Bertz CT molecular complexity index is 265. The second-order valence-electron chi connectivity index (χ2n) is 5.65. The zero-order valence-corrected chi connectivity index (χ0v) is 11.5. The van der Waals surface area contributed by atoms with Crippen molar-refractivity contribution in [2.24, 2.45) is 11.7 Å². The molecule has 0 amide bonds. The van der Waals surface area contributed by atoms with E-state index in [1.807, 2.05) is 7.05 Å². The minimum atomic E-state index is -1.11. The van der Waals surface area contributed by atoms with E-state index in [4.69, 9.17) is 15.6 Å². The van der Waals surface area contributed by atoms with Crippen LogP contribution in [-0.2, 0) is 9.53 Å². The number of carboxylic acids is 1. The van der Waals surface area contributed by atoms with E-state index in [9.17, 15) is 4.79 Å². The van der Waals surface area contributed by atoms with Crippen molar-refractivity contribution >= 4 is 5.97 Å². The van der Waals surface area contributed by atoms with Crippen LogP contribution in [0, 0.1) is 5.92 Å². The van der Waals surface area contributed by atoms with Crippen LogP contribution in [-0.4, -0.2) is 54.9 Å². The molecule has 0 heterocycles. The maximum atomic E-state index is 10.8. The van der Waals surface area contributed by atoms with E-state index in [0.717, 1.165) is 38.6 Å². The highest BCUT2D eigenvalue weighted by Crippen LogP contribution is 2.28. The molecule has 0 saturated heterocycles. The summed E-state index contributed by atoms with van der Waals surface area (Å²) >= 11 is 0. The van der Waals surface area contributed by atoms with Crippen LogP contribution in [0.2, 0.25) is 0 Å². The number of likely N-dealkylation sites (N-methyl/N-ethyl adjacent to an activating group) is 1. The van der Waals surface area contributed by atoms with E-state index < -0.39 is 11.5 Å². The lowest BCUT2D eigenvalue weighted by atomic mass is 9.97. The molecule has 1 saturated carbocycles. The summed E-state index contributed by atoms with van der Waals surface area (Å²) in [5, 5.41) is 8.88. The zero-order valence-electron chi connectivity index (χ0n) is 11.5. The molecular weight excluding hydrogens is 232 g/mol. The predicted molar refractivity (Wildman–Crippen MR) is 70.5 cm³/mol. The standard InChI is InChI=1S/C13H26N2O3/c1-13(14,12(16)17)6-3-7-15(2)8-9-18-10-11-4-5-11/h11H,3-10,14H2,1-2H3,(H,16,17). The fraction of sp³-hybridized carbons (Fsp3) is 0.923. The molecule has 5 nitrogen and oxygen atoms in total. The van der Waals surface area contributed by atoms with Gasteiger partial charge in [0.25, 0.3) is 0 Å². The van der Waals surface area contributed by atoms with Gasteiger partial charge < -0.3 is 20.5 Å². The van der Waals surface area contributed by atoms with Crippen molar-refractivity contribution in [3.63, 3.8) is 0 Å². The SMILES string of the molecule is CN(CCCC(C)(N)C(=O)O)CCOCC1CC1. The van der Waals surface area contributed by atoms with Gasteiger partial charge in [0.1, 0.15) is 5.54 Å². The molecule has 0 radical (unpaired) electrons. The predicted octanol–water partition coefficient (Wildman–Crippen LogP) is 0.927. The smallest absolute Gasteiger partial charge is 0.323 e. The van der Waals surface area contributed by atoms with Crippen molar-refractivity contribution in [3.8, 4) is 0 Å². The summed E-state index contributed by atoms with van der Waals surface area (Å²) in [4.78, 5) is 13.0. The average Bonchev–Trinajstić information content (AvgIpc) is 3.08. The minimum Gasteiger partial charge on any atom is -0.480 e. The third-order valence-electron chi connectivity index (χ3n) is 3.39. The number of hydrogen-bond acceptors (Lipinski definition) is 4. The molecule has 1 aliphatic rings. The summed E-state index contributed by atoms with van der Waals surface area (Å²) in [6.45, 7) is 4.96. The number of hydrogen-bond donors (Lipinski definition) is 2. The van der Waals surface area contributed by atoms with E-state index in [2.05, 4.69) is 4.90 Å². The van der Waals surface area contributed by atoms with Gasteiger partial charge in [-0.3, -0.25) is 4.79 Å². The maximum Gasteiger partial charge on any atom is 0.323 e. The molecule has 106 valence electrons. The third-order valence-corrected chi connectivity index (χ3v) is 3.39. The Morgan fingerprint density at radius 1 is 1.50 bits per heavy atom. The minimum absolute atomic E-state index is 0.496. The third kappa shape index (κ3) is 6.33. The van der Waals surface area contributed by atoms with Crippen molar-refractivity contribution in [3.05, 3.63) is 0 Å². The first-order valence-electron chi connectivity index (χ1n) is 6.70.